The van der Waals surface area contributed by atoms with E-state index in [1.807, 2.05) is 0 Å². The summed E-state index contributed by atoms with van der Waals surface area (Å²) < 4.78 is 65.6. The SMILES string of the molecule is O=[N+]([O-])c1cc(-c2csc(Nc3cccc(C(F)(F)F)c3)n2)c(F)cc1F. The molecule has 5 nitrogen and oxygen atoms in total. The van der Waals surface area contributed by atoms with Crippen LogP contribution in [0, 0.1) is 21.7 Å². The number of thiazole rings is 1. The molecule has 1 N–H and O–H groups in total. The van der Waals surface area contributed by atoms with E-state index in [0.29, 0.717) is 12.1 Å². The van der Waals surface area contributed by atoms with Gasteiger partial charge in [-0.15, -0.1) is 11.3 Å². The molecule has 0 unspecified atom stereocenters. The van der Waals surface area contributed by atoms with Crippen molar-refractivity contribution in [3.8, 4) is 11.3 Å². The van der Waals surface area contributed by atoms with Crippen molar-refractivity contribution in [2.75, 3.05) is 5.32 Å². The van der Waals surface area contributed by atoms with Crippen molar-refractivity contribution in [1.29, 1.82) is 0 Å². The molecule has 2 aromatic carbocycles. The van der Waals surface area contributed by atoms with Gasteiger partial charge in [-0.25, -0.2) is 9.37 Å². The quantitative estimate of drug-likeness (QED) is 0.343. The van der Waals surface area contributed by atoms with Crippen molar-refractivity contribution in [3.63, 3.8) is 0 Å². The second kappa shape index (κ2) is 6.91. The van der Waals surface area contributed by atoms with E-state index in [2.05, 4.69) is 10.3 Å². The second-order valence-electron chi connectivity index (χ2n) is 5.28. The monoisotopic (exact) mass is 401 g/mol. The molecule has 140 valence electrons. The van der Waals surface area contributed by atoms with Gasteiger partial charge < -0.3 is 5.32 Å². The summed E-state index contributed by atoms with van der Waals surface area (Å²) in [6.07, 6.45) is -4.51. The maximum Gasteiger partial charge on any atom is 0.416 e. The van der Waals surface area contributed by atoms with Gasteiger partial charge in [-0.1, -0.05) is 6.07 Å². The summed E-state index contributed by atoms with van der Waals surface area (Å²) in [6.45, 7) is 0. The van der Waals surface area contributed by atoms with Crippen molar-refractivity contribution in [2.24, 2.45) is 0 Å². The molecule has 27 heavy (non-hydrogen) atoms. The van der Waals surface area contributed by atoms with Crippen molar-refractivity contribution in [1.82, 2.24) is 4.98 Å². The Bertz CT molecular complexity index is 1020. The van der Waals surface area contributed by atoms with Gasteiger partial charge in [0.15, 0.2) is 5.13 Å². The molecule has 0 amide bonds. The zero-order valence-electron chi connectivity index (χ0n) is 13.1. The summed E-state index contributed by atoms with van der Waals surface area (Å²) in [4.78, 5) is 13.8. The highest BCUT2D eigenvalue weighted by Crippen LogP contribution is 2.34. The predicted octanol–water partition coefficient (Wildman–Crippen LogP) is 5.76. The van der Waals surface area contributed by atoms with Crippen LogP contribution in [0.1, 0.15) is 5.56 Å². The number of nitro benzene ring substituents is 1. The lowest BCUT2D eigenvalue weighted by molar-refractivity contribution is -0.387. The second-order valence-corrected chi connectivity index (χ2v) is 6.14. The topological polar surface area (TPSA) is 68.1 Å². The Morgan fingerprint density at radius 2 is 1.85 bits per heavy atom. The van der Waals surface area contributed by atoms with Crippen LogP contribution in [0.2, 0.25) is 0 Å². The van der Waals surface area contributed by atoms with Crippen LogP contribution >= 0.6 is 11.3 Å². The molecular weight excluding hydrogens is 393 g/mol. The van der Waals surface area contributed by atoms with Crippen molar-refractivity contribution in [3.05, 3.63) is 69.1 Å². The molecule has 0 bridgehead atoms. The molecule has 1 aromatic heterocycles. The normalized spacial score (nSPS) is 11.4. The van der Waals surface area contributed by atoms with Crippen LogP contribution in [0.15, 0.2) is 41.8 Å². The third-order valence-electron chi connectivity index (χ3n) is 3.45. The number of nitro groups is 1. The molecule has 0 aliphatic carbocycles. The van der Waals surface area contributed by atoms with Crippen LogP contribution in [0.5, 0.6) is 0 Å². The Kier molecular flexibility index (Phi) is 4.79. The minimum atomic E-state index is -4.51. The Hall–Kier alpha value is -3.08. The zero-order chi connectivity index (χ0) is 19.8. The highest BCUT2D eigenvalue weighted by atomic mass is 32.1. The molecule has 0 atom stereocenters. The van der Waals surface area contributed by atoms with E-state index in [-0.39, 0.29) is 22.1 Å². The summed E-state index contributed by atoms with van der Waals surface area (Å²) in [5.74, 6) is -2.37. The third kappa shape index (κ3) is 4.03. The number of hydrogen-bond donors (Lipinski definition) is 1. The first-order valence-corrected chi connectivity index (χ1v) is 8.07. The lowest BCUT2D eigenvalue weighted by atomic mass is 10.1. The van der Waals surface area contributed by atoms with Gasteiger partial charge in [0, 0.05) is 28.8 Å². The summed E-state index contributed by atoms with van der Waals surface area (Å²) in [5, 5.41) is 14.9. The predicted molar refractivity (Wildman–Crippen MR) is 88.8 cm³/mol. The molecule has 1 heterocycles. The van der Waals surface area contributed by atoms with Crippen LogP contribution in [0.25, 0.3) is 11.3 Å². The van der Waals surface area contributed by atoms with Crippen molar-refractivity contribution < 1.29 is 26.9 Å². The number of anilines is 2. The fourth-order valence-electron chi connectivity index (χ4n) is 2.23. The number of hydrogen-bond acceptors (Lipinski definition) is 5. The van der Waals surface area contributed by atoms with Gasteiger partial charge in [-0.05, 0) is 18.2 Å². The molecule has 11 heteroatoms. The number of aromatic nitrogens is 1. The fourth-order valence-corrected chi connectivity index (χ4v) is 2.96. The molecule has 3 rings (SSSR count). The highest BCUT2D eigenvalue weighted by Gasteiger charge is 2.30. The van der Waals surface area contributed by atoms with E-state index in [4.69, 9.17) is 0 Å². The molecule has 0 saturated heterocycles. The number of benzene rings is 2. The van der Waals surface area contributed by atoms with Crippen molar-refractivity contribution >= 4 is 27.8 Å². The molecule has 0 spiro atoms. The minimum Gasteiger partial charge on any atom is -0.332 e. The van der Waals surface area contributed by atoms with Gasteiger partial charge in [0.25, 0.3) is 0 Å². The Morgan fingerprint density at radius 3 is 2.52 bits per heavy atom. The van der Waals surface area contributed by atoms with Gasteiger partial charge in [0.1, 0.15) is 5.82 Å². The van der Waals surface area contributed by atoms with E-state index >= 15 is 0 Å². The van der Waals surface area contributed by atoms with Gasteiger partial charge in [-0.3, -0.25) is 10.1 Å². The maximum atomic E-state index is 14.0. The van der Waals surface area contributed by atoms with Crippen LogP contribution in [-0.2, 0) is 6.18 Å². The summed E-state index contributed by atoms with van der Waals surface area (Å²) in [6, 6.07) is 5.48. The van der Waals surface area contributed by atoms with Crippen LogP contribution in [0.3, 0.4) is 0 Å². The summed E-state index contributed by atoms with van der Waals surface area (Å²) in [7, 11) is 0. The van der Waals surface area contributed by atoms with Gasteiger partial charge in [0.05, 0.1) is 16.2 Å². The van der Waals surface area contributed by atoms with Crippen molar-refractivity contribution in [2.45, 2.75) is 6.18 Å². The highest BCUT2D eigenvalue weighted by molar-refractivity contribution is 7.14. The van der Waals surface area contributed by atoms with E-state index < -0.39 is 34.0 Å². The first-order chi connectivity index (χ1) is 12.6. The number of nitrogens with one attached hydrogen (secondary N) is 1. The Balaban J connectivity index is 1.90. The van der Waals surface area contributed by atoms with Gasteiger partial charge in [0.2, 0.25) is 5.82 Å². The lowest BCUT2D eigenvalue weighted by Gasteiger charge is -2.09. The van der Waals surface area contributed by atoms with Gasteiger partial charge >= 0.3 is 11.9 Å². The Labute approximate surface area is 152 Å². The van der Waals surface area contributed by atoms with Gasteiger partial charge in [-0.2, -0.15) is 17.6 Å². The molecule has 3 aromatic rings. The third-order valence-corrected chi connectivity index (χ3v) is 4.21. The fraction of sp³-hybridized carbons (Fsp3) is 0.0625. The number of halogens is 5. The van der Waals surface area contributed by atoms with E-state index in [0.717, 1.165) is 23.5 Å². The average molecular weight is 401 g/mol. The molecule has 0 aliphatic heterocycles. The molecule has 0 aliphatic rings. The molecule has 0 fully saturated rings. The van der Waals surface area contributed by atoms with Crippen LogP contribution in [0.4, 0.5) is 38.5 Å². The maximum absolute atomic E-state index is 14.0. The largest absolute Gasteiger partial charge is 0.416 e. The molecule has 0 radical (unpaired) electrons. The van der Waals surface area contributed by atoms with E-state index in [1.54, 1.807) is 0 Å². The first kappa shape index (κ1) is 18.7. The minimum absolute atomic E-state index is 0.0184. The molecule has 0 saturated carbocycles. The number of rotatable bonds is 4. The van der Waals surface area contributed by atoms with Crippen LogP contribution < -0.4 is 5.32 Å². The number of nitrogens with zero attached hydrogens (tertiary/aromatic N) is 2. The smallest absolute Gasteiger partial charge is 0.332 e. The standard InChI is InChI=1S/C16H8F5N3O2S/c17-11-6-12(18)14(24(25)26)5-10(11)13-7-27-15(23-13)22-9-3-1-2-8(4-9)16(19,20)21/h1-7H,(H,22,23). The first-order valence-electron chi connectivity index (χ1n) is 7.19. The molecular formula is C16H8F5N3O2S. The van der Waals surface area contributed by atoms with E-state index in [9.17, 15) is 32.1 Å². The number of alkyl halides is 3. The Morgan fingerprint density at radius 1 is 1.11 bits per heavy atom. The lowest BCUT2D eigenvalue weighted by Crippen LogP contribution is -2.05. The summed E-state index contributed by atoms with van der Waals surface area (Å²) >= 11 is 0.946. The summed E-state index contributed by atoms with van der Waals surface area (Å²) in [5.41, 5.74) is -1.97. The zero-order valence-corrected chi connectivity index (χ0v) is 13.9. The van der Waals surface area contributed by atoms with Crippen LogP contribution in [-0.4, -0.2) is 9.91 Å². The van der Waals surface area contributed by atoms with E-state index in [1.165, 1.54) is 17.5 Å². The average Bonchev–Trinajstić information content (AvgIpc) is 3.02.